The number of aromatic nitrogens is 1. The SMILES string of the molecule is O=C(O)/C=C/C(=O)Nc1nc(-c2cccc3ccccc23)cs1. The van der Waals surface area contributed by atoms with Gasteiger partial charge in [-0.1, -0.05) is 42.5 Å². The van der Waals surface area contributed by atoms with Gasteiger partial charge in [0.1, 0.15) is 0 Å². The van der Waals surface area contributed by atoms with Gasteiger partial charge < -0.3 is 5.11 Å². The van der Waals surface area contributed by atoms with Crippen molar-refractivity contribution >= 4 is 39.1 Å². The van der Waals surface area contributed by atoms with Crippen molar-refractivity contribution in [2.75, 3.05) is 5.32 Å². The third-order valence-electron chi connectivity index (χ3n) is 3.18. The summed E-state index contributed by atoms with van der Waals surface area (Å²) in [6, 6.07) is 14.0. The maximum atomic E-state index is 11.6. The highest BCUT2D eigenvalue weighted by molar-refractivity contribution is 7.14. The van der Waals surface area contributed by atoms with Crippen LogP contribution in [-0.4, -0.2) is 22.0 Å². The smallest absolute Gasteiger partial charge is 0.328 e. The van der Waals surface area contributed by atoms with E-state index in [0.717, 1.165) is 34.2 Å². The van der Waals surface area contributed by atoms with Crippen molar-refractivity contribution in [3.8, 4) is 11.3 Å². The number of hydrogen-bond donors (Lipinski definition) is 2. The maximum absolute atomic E-state index is 11.6. The second kappa shape index (κ2) is 6.41. The Balaban J connectivity index is 1.87. The standard InChI is InChI=1S/C17H12N2O3S/c20-15(8-9-16(21)22)19-17-18-14(10-23-17)13-7-3-5-11-4-1-2-6-12(11)13/h1-10H,(H,21,22)(H,18,19,20)/b9-8+. The number of carboxylic acid groups (broad SMARTS) is 1. The fourth-order valence-electron chi connectivity index (χ4n) is 2.20. The van der Waals surface area contributed by atoms with Gasteiger partial charge in [-0.2, -0.15) is 0 Å². The Morgan fingerprint density at radius 2 is 1.87 bits per heavy atom. The summed E-state index contributed by atoms with van der Waals surface area (Å²) < 4.78 is 0. The van der Waals surface area contributed by atoms with Gasteiger partial charge in [0, 0.05) is 23.1 Å². The van der Waals surface area contributed by atoms with E-state index >= 15 is 0 Å². The van der Waals surface area contributed by atoms with E-state index in [0.29, 0.717) is 5.13 Å². The molecule has 0 bridgehead atoms. The van der Waals surface area contributed by atoms with Crippen molar-refractivity contribution in [1.29, 1.82) is 0 Å². The highest BCUT2D eigenvalue weighted by Gasteiger charge is 2.09. The van der Waals surface area contributed by atoms with Gasteiger partial charge >= 0.3 is 5.97 Å². The average molecular weight is 324 g/mol. The first kappa shape index (κ1) is 14.9. The van der Waals surface area contributed by atoms with Crippen molar-refractivity contribution in [3.05, 3.63) is 60.0 Å². The van der Waals surface area contributed by atoms with Crippen LogP contribution < -0.4 is 5.32 Å². The number of amides is 1. The molecule has 0 aliphatic rings. The molecule has 6 heteroatoms. The minimum Gasteiger partial charge on any atom is -0.478 e. The van der Waals surface area contributed by atoms with Gasteiger partial charge in [-0.25, -0.2) is 9.78 Å². The van der Waals surface area contributed by atoms with Crippen LogP contribution in [0.1, 0.15) is 0 Å². The van der Waals surface area contributed by atoms with Gasteiger partial charge in [0.2, 0.25) is 5.91 Å². The van der Waals surface area contributed by atoms with Gasteiger partial charge in [-0.3, -0.25) is 10.1 Å². The van der Waals surface area contributed by atoms with Gasteiger partial charge in [-0.15, -0.1) is 11.3 Å². The van der Waals surface area contributed by atoms with Crippen LogP contribution in [0.5, 0.6) is 0 Å². The zero-order chi connectivity index (χ0) is 16.2. The Kier molecular flexibility index (Phi) is 4.16. The molecule has 0 aliphatic carbocycles. The number of anilines is 1. The van der Waals surface area contributed by atoms with Crippen molar-refractivity contribution in [2.24, 2.45) is 0 Å². The van der Waals surface area contributed by atoms with E-state index in [1.165, 1.54) is 11.3 Å². The van der Waals surface area contributed by atoms with Crippen LogP contribution in [0.3, 0.4) is 0 Å². The van der Waals surface area contributed by atoms with E-state index in [9.17, 15) is 9.59 Å². The minimum atomic E-state index is -1.17. The summed E-state index contributed by atoms with van der Waals surface area (Å²) in [7, 11) is 0. The number of rotatable bonds is 4. The van der Waals surface area contributed by atoms with Gasteiger partial charge in [0.25, 0.3) is 0 Å². The molecule has 0 saturated heterocycles. The second-order valence-corrected chi connectivity index (χ2v) is 5.58. The first-order valence-corrected chi connectivity index (χ1v) is 7.67. The van der Waals surface area contributed by atoms with Crippen LogP contribution in [0.15, 0.2) is 60.0 Å². The molecule has 0 spiro atoms. The predicted octanol–water partition coefficient (Wildman–Crippen LogP) is 3.54. The molecule has 0 atom stereocenters. The van der Waals surface area contributed by atoms with Crippen LogP contribution >= 0.6 is 11.3 Å². The van der Waals surface area contributed by atoms with Crippen molar-refractivity contribution in [2.45, 2.75) is 0 Å². The summed E-state index contributed by atoms with van der Waals surface area (Å²) in [6.45, 7) is 0. The number of carbonyl (C=O) groups is 2. The second-order valence-electron chi connectivity index (χ2n) is 4.73. The molecule has 3 rings (SSSR count). The molecule has 1 amide bonds. The molecule has 0 fully saturated rings. The molecule has 1 aromatic heterocycles. The van der Waals surface area contributed by atoms with Crippen LogP contribution in [0, 0.1) is 0 Å². The molecule has 0 radical (unpaired) electrons. The molecular formula is C17H12N2O3S. The van der Waals surface area contributed by atoms with Crippen LogP contribution in [0.4, 0.5) is 5.13 Å². The number of nitrogens with one attached hydrogen (secondary N) is 1. The Morgan fingerprint density at radius 3 is 2.70 bits per heavy atom. The molecule has 0 unspecified atom stereocenters. The highest BCUT2D eigenvalue weighted by Crippen LogP contribution is 2.30. The Hall–Kier alpha value is -2.99. The fourth-order valence-corrected chi connectivity index (χ4v) is 2.91. The first-order chi connectivity index (χ1) is 11.1. The highest BCUT2D eigenvalue weighted by atomic mass is 32.1. The number of nitrogens with zero attached hydrogens (tertiary/aromatic N) is 1. The van der Waals surface area contributed by atoms with Crippen molar-refractivity contribution in [3.63, 3.8) is 0 Å². The van der Waals surface area contributed by atoms with Crippen molar-refractivity contribution < 1.29 is 14.7 Å². The lowest BCUT2D eigenvalue weighted by Crippen LogP contribution is -2.08. The number of carbonyl (C=O) groups excluding carboxylic acids is 1. The molecule has 114 valence electrons. The molecule has 3 aromatic rings. The van der Waals surface area contributed by atoms with Gasteiger partial charge in [0.15, 0.2) is 5.13 Å². The van der Waals surface area contributed by atoms with E-state index in [2.05, 4.69) is 10.3 Å². The molecule has 2 aromatic carbocycles. The lowest BCUT2D eigenvalue weighted by molar-refractivity contribution is -0.131. The minimum absolute atomic E-state index is 0.424. The predicted molar refractivity (Wildman–Crippen MR) is 90.5 cm³/mol. The molecule has 2 N–H and O–H groups in total. The van der Waals surface area contributed by atoms with E-state index in [-0.39, 0.29) is 0 Å². The van der Waals surface area contributed by atoms with E-state index in [4.69, 9.17) is 5.11 Å². The normalized spacial score (nSPS) is 11.0. The summed E-state index contributed by atoms with van der Waals surface area (Å²) in [5.74, 6) is -1.69. The third kappa shape index (κ3) is 3.44. The number of benzene rings is 2. The topological polar surface area (TPSA) is 79.3 Å². The first-order valence-electron chi connectivity index (χ1n) is 6.79. The summed E-state index contributed by atoms with van der Waals surface area (Å²) >= 11 is 1.29. The summed E-state index contributed by atoms with van der Waals surface area (Å²) in [5.41, 5.74) is 1.75. The zero-order valence-electron chi connectivity index (χ0n) is 11.9. The van der Waals surface area contributed by atoms with Crippen molar-refractivity contribution in [1.82, 2.24) is 4.98 Å². The number of carboxylic acids is 1. The van der Waals surface area contributed by atoms with E-state index < -0.39 is 11.9 Å². The third-order valence-corrected chi connectivity index (χ3v) is 3.93. The summed E-state index contributed by atoms with van der Waals surface area (Å²) in [6.07, 6.45) is 1.75. The Bertz CT molecular complexity index is 910. The largest absolute Gasteiger partial charge is 0.478 e. The molecule has 5 nitrogen and oxygen atoms in total. The number of thiazole rings is 1. The molecule has 23 heavy (non-hydrogen) atoms. The Labute approximate surface area is 135 Å². The van der Waals surface area contributed by atoms with Crippen LogP contribution in [0.25, 0.3) is 22.0 Å². The number of hydrogen-bond acceptors (Lipinski definition) is 4. The quantitative estimate of drug-likeness (QED) is 0.719. The zero-order valence-corrected chi connectivity index (χ0v) is 12.7. The molecule has 1 heterocycles. The van der Waals surface area contributed by atoms with Crippen LogP contribution in [-0.2, 0) is 9.59 Å². The van der Waals surface area contributed by atoms with E-state index in [1.54, 1.807) is 0 Å². The lowest BCUT2D eigenvalue weighted by atomic mass is 10.0. The summed E-state index contributed by atoms with van der Waals surface area (Å²) in [4.78, 5) is 26.4. The number of aliphatic carboxylic acids is 1. The fraction of sp³-hybridized carbons (Fsp3) is 0. The van der Waals surface area contributed by atoms with Gasteiger partial charge in [0.05, 0.1) is 5.69 Å². The average Bonchev–Trinajstić information content (AvgIpc) is 3.00. The maximum Gasteiger partial charge on any atom is 0.328 e. The van der Waals surface area contributed by atoms with Gasteiger partial charge in [-0.05, 0) is 10.8 Å². The molecule has 0 saturated carbocycles. The molecular weight excluding hydrogens is 312 g/mol. The summed E-state index contributed by atoms with van der Waals surface area (Å²) in [5, 5.41) is 15.5. The van der Waals surface area contributed by atoms with E-state index in [1.807, 2.05) is 47.8 Å². The molecule has 0 aliphatic heterocycles. The lowest BCUT2D eigenvalue weighted by Gasteiger charge is -2.03. The van der Waals surface area contributed by atoms with Crippen LogP contribution in [0.2, 0.25) is 0 Å². The Morgan fingerprint density at radius 1 is 1.09 bits per heavy atom. The monoisotopic (exact) mass is 324 g/mol. The number of fused-ring (bicyclic) bond motifs is 1.